The summed E-state index contributed by atoms with van der Waals surface area (Å²) in [5.41, 5.74) is 2.21. The van der Waals surface area contributed by atoms with E-state index in [9.17, 15) is 4.79 Å². The molecule has 0 unspecified atom stereocenters. The van der Waals surface area contributed by atoms with Crippen molar-refractivity contribution in [2.45, 2.75) is 13.8 Å². The summed E-state index contributed by atoms with van der Waals surface area (Å²) in [7, 11) is 0. The van der Waals surface area contributed by atoms with Gasteiger partial charge in [-0.25, -0.2) is 0 Å². The van der Waals surface area contributed by atoms with Crippen LogP contribution in [-0.2, 0) is 4.79 Å². The molecule has 2 aliphatic rings. The molecule has 0 saturated heterocycles. The Bertz CT molecular complexity index is 1110. The van der Waals surface area contributed by atoms with E-state index < -0.39 is 5.91 Å². The van der Waals surface area contributed by atoms with Crippen molar-refractivity contribution in [3.63, 3.8) is 0 Å². The van der Waals surface area contributed by atoms with Crippen molar-refractivity contribution >= 4 is 56.6 Å². The van der Waals surface area contributed by atoms with Gasteiger partial charge in [0.2, 0.25) is 5.17 Å². The molecule has 0 aromatic heterocycles. The van der Waals surface area contributed by atoms with E-state index in [2.05, 4.69) is 28.8 Å². The van der Waals surface area contributed by atoms with Crippen LogP contribution in [0.15, 0.2) is 70.3 Å². The maximum Gasteiger partial charge on any atom is 0.283 e. The van der Waals surface area contributed by atoms with Crippen LogP contribution >= 0.6 is 23.5 Å². The number of nitrogens with zero attached hydrogens (tertiary/aromatic N) is 4. The third-order valence-electron chi connectivity index (χ3n) is 5.09. The predicted octanol–water partition coefficient (Wildman–Crippen LogP) is 4.92. The van der Waals surface area contributed by atoms with Crippen molar-refractivity contribution in [2.24, 2.45) is 10.1 Å². The molecule has 2 heterocycles. The minimum Gasteiger partial charge on any atom is -0.493 e. The number of carbonyl (C=O) groups excluding carboxylic acids is 1. The molecule has 0 saturated carbocycles. The zero-order valence-corrected chi connectivity index (χ0v) is 20.2. The fraction of sp³-hybridized carbons (Fsp3) is 0.250. The Kier molecular flexibility index (Phi) is 7.51. The van der Waals surface area contributed by atoms with Crippen LogP contribution < -0.4 is 9.64 Å². The molecular formula is C24H25N5O2S2. The lowest BCUT2D eigenvalue weighted by atomic mass is 10.1. The smallest absolute Gasteiger partial charge is 0.283 e. The maximum absolute atomic E-state index is 12.6. The summed E-state index contributed by atoms with van der Waals surface area (Å²) in [6, 6.07) is 17.6. The highest BCUT2D eigenvalue weighted by Crippen LogP contribution is 2.32. The molecule has 9 heteroatoms. The fourth-order valence-electron chi connectivity index (χ4n) is 3.37. The molecule has 0 bridgehead atoms. The SMILES string of the molecule is CCN(CC)c1ccc(/C=C2\C(=N)N3N=C(SCCOc4ccccc4)SC3=NC2=O)cc1. The van der Waals surface area contributed by atoms with Crippen LogP contribution in [0.5, 0.6) is 5.75 Å². The molecule has 7 nitrogen and oxygen atoms in total. The van der Waals surface area contributed by atoms with Crippen LogP contribution in [0.25, 0.3) is 6.08 Å². The number of benzene rings is 2. The second-order valence-electron chi connectivity index (χ2n) is 7.16. The molecule has 0 aliphatic carbocycles. The molecular weight excluding hydrogens is 454 g/mol. The number of nitrogens with one attached hydrogen (secondary N) is 1. The van der Waals surface area contributed by atoms with Gasteiger partial charge in [-0.15, -0.1) is 5.10 Å². The molecule has 0 radical (unpaired) electrons. The first-order valence-corrected chi connectivity index (χ1v) is 12.5. The molecule has 170 valence electrons. The summed E-state index contributed by atoms with van der Waals surface area (Å²) >= 11 is 2.83. The van der Waals surface area contributed by atoms with Gasteiger partial charge in [0.15, 0.2) is 10.2 Å². The number of carbonyl (C=O) groups is 1. The van der Waals surface area contributed by atoms with Gasteiger partial charge in [0, 0.05) is 24.5 Å². The average Bonchev–Trinajstić information content (AvgIpc) is 3.25. The molecule has 0 spiro atoms. The van der Waals surface area contributed by atoms with Gasteiger partial charge in [0.05, 0.1) is 12.2 Å². The third kappa shape index (κ3) is 5.48. The Balaban J connectivity index is 1.40. The van der Waals surface area contributed by atoms with Crippen molar-refractivity contribution in [1.29, 1.82) is 5.41 Å². The Hall–Kier alpha value is -3.04. The van der Waals surface area contributed by atoms with Gasteiger partial charge in [0.25, 0.3) is 5.91 Å². The zero-order valence-electron chi connectivity index (χ0n) is 18.5. The first-order chi connectivity index (χ1) is 16.1. The van der Waals surface area contributed by atoms with Gasteiger partial charge >= 0.3 is 0 Å². The monoisotopic (exact) mass is 479 g/mol. The largest absolute Gasteiger partial charge is 0.493 e. The number of aliphatic imine (C=N–C) groups is 1. The van der Waals surface area contributed by atoms with Crippen LogP contribution in [0.3, 0.4) is 0 Å². The minimum atomic E-state index is -0.416. The molecule has 1 amide bonds. The van der Waals surface area contributed by atoms with Crippen LogP contribution in [0, 0.1) is 5.41 Å². The lowest BCUT2D eigenvalue weighted by Gasteiger charge is -2.21. The van der Waals surface area contributed by atoms with Gasteiger partial charge in [-0.3, -0.25) is 10.2 Å². The van der Waals surface area contributed by atoms with Crippen molar-refractivity contribution in [2.75, 3.05) is 30.3 Å². The summed E-state index contributed by atoms with van der Waals surface area (Å²) in [6.07, 6.45) is 1.70. The Morgan fingerprint density at radius 3 is 2.55 bits per heavy atom. The summed E-state index contributed by atoms with van der Waals surface area (Å²) in [5, 5.41) is 14.9. The Morgan fingerprint density at radius 1 is 1.12 bits per heavy atom. The molecule has 33 heavy (non-hydrogen) atoms. The van der Waals surface area contributed by atoms with Crippen molar-refractivity contribution in [3.8, 4) is 5.75 Å². The quantitative estimate of drug-likeness (QED) is 0.427. The molecule has 2 aromatic carbocycles. The topological polar surface area (TPSA) is 81.3 Å². The highest BCUT2D eigenvalue weighted by molar-refractivity contribution is 8.45. The number of hydrazone groups is 1. The normalized spacial score (nSPS) is 16.5. The van der Waals surface area contributed by atoms with Gasteiger partial charge in [-0.1, -0.05) is 42.1 Å². The van der Waals surface area contributed by atoms with E-state index >= 15 is 0 Å². The Labute approximate surface area is 202 Å². The van der Waals surface area contributed by atoms with E-state index in [1.165, 1.54) is 28.5 Å². The van der Waals surface area contributed by atoms with E-state index in [4.69, 9.17) is 10.1 Å². The molecule has 4 rings (SSSR count). The van der Waals surface area contributed by atoms with Gasteiger partial charge in [-0.2, -0.15) is 10.0 Å². The van der Waals surface area contributed by atoms with Gasteiger partial charge in [-0.05, 0) is 61.5 Å². The van der Waals surface area contributed by atoms with Crippen LogP contribution in [0.2, 0.25) is 0 Å². The summed E-state index contributed by atoms with van der Waals surface area (Å²) < 4.78 is 6.45. The van der Waals surface area contributed by atoms with E-state index in [0.29, 0.717) is 17.5 Å². The number of rotatable bonds is 8. The predicted molar refractivity (Wildman–Crippen MR) is 139 cm³/mol. The second-order valence-corrected chi connectivity index (χ2v) is 9.46. The highest BCUT2D eigenvalue weighted by atomic mass is 32.2. The lowest BCUT2D eigenvalue weighted by Crippen LogP contribution is -2.35. The number of hydrogen-bond acceptors (Lipinski definition) is 7. The van der Waals surface area contributed by atoms with E-state index in [1.54, 1.807) is 6.08 Å². The summed E-state index contributed by atoms with van der Waals surface area (Å²) in [5.74, 6) is 1.15. The molecule has 2 aliphatic heterocycles. The average molecular weight is 480 g/mol. The number of hydrogen-bond donors (Lipinski definition) is 1. The fourth-order valence-corrected chi connectivity index (χ4v) is 5.19. The first-order valence-electron chi connectivity index (χ1n) is 10.7. The molecule has 0 fully saturated rings. The zero-order chi connectivity index (χ0) is 23.2. The van der Waals surface area contributed by atoms with Crippen LogP contribution in [0.1, 0.15) is 19.4 Å². The number of anilines is 1. The highest BCUT2D eigenvalue weighted by Gasteiger charge is 2.35. The van der Waals surface area contributed by atoms with Gasteiger partial charge < -0.3 is 9.64 Å². The van der Waals surface area contributed by atoms with Crippen molar-refractivity contribution in [1.82, 2.24) is 5.01 Å². The Morgan fingerprint density at radius 2 is 1.85 bits per heavy atom. The standard InChI is InChI=1S/C24H25N5O2S2/c1-3-28(4-2)18-12-10-17(11-13-18)16-20-21(25)29-23(26-22(20)30)33-24(27-29)32-15-14-31-19-8-6-5-7-9-19/h5-13,16,25H,3-4,14-15H2,1-2H3/b20-16+,25-21?. The van der Waals surface area contributed by atoms with E-state index in [1.807, 2.05) is 54.6 Å². The third-order valence-corrected chi connectivity index (χ3v) is 7.10. The number of para-hydroxylation sites is 1. The summed E-state index contributed by atoms with van der Waals surface area (Å²) in [4.78, 5) is 19.0. The number of amidine groups is 2. The second kappa shape index (κ2) is 10.7. The van der Waals surface area contributed by atoms with Gasteiger partial charge in [0.1, 0.15) is 5.75 Å². The number of amides is 1. The number of ether oxygens (including phenoxy) is 1. The van der Waals surface area contributed by atoms with E-state index in [0.717, 1.165) is 34.5 Å². The van der Waals surface area contributed by atoms with Crippen molar-refractivity contribution in [3.05, 3.63) is 65.7 Å². The molecule has 0 atom stereocenters. The van der Waals surface area contributed by atoms with Crippen LogP contribution in [0.4, 0.5) is 5.69 Å². The van der Waals surface area contributed by atoms with Crippen LogP contribution in [-0.4, -0.2) is 51.7 Å². The number of thioether (sulfide) groups is 2. The summed E-state index contributed by atoms with van der Waals surface area (Å²) in [6.45, 7) is 6.64. The lowest BCUT2D eigenvalue weighted by molar-refractivity contribution is -0.114. The van der Waals surface area contributed by atoms with E-state index in [-0.39, 0.29) is 11.4 Å². The maximum atomic E-state index is 12.6. The minimum absolute atomic E-state index is 0.0430. The molecule has 2 aromatic rings. The number of fused-ring (bicyclic) bond motifs is 1. The van der Waals surface area contributed by atoms with Crippen molar-refractivity contribution < 1.29 is 9.53 Å². The molecule has 1 N–H and O–H groups in total. The first kappa shape index (κ1) is 23.1.